The van der Waals surface area contributed by atoms with Gasteiger partial charge in [-0.15, -0.1) is 16.7 Å². The minimum Gasteiger partial charge on any atom is -0.351 e. The van der Waals surface area contributed by atoms with Gasteiger partial charge in [0, 0.05) is 18.5 Å². The van der Waals surface area contributed by atoms with Crippen molar-refractivity contribution >= 4 is 23.1 Å². The summed E-state index contributed by atoms with van der Waals surface area (Å²) in [6.07, 6.45) is 5.53. The van der Waals surface area contributed by atoms with E-state index in [0.717, 1.165) is 25.2 Å². The zero-order valence-electron chi connectivity index (χ0n) is 10.6. The maximum absolute atomic E-state index is 5.91. The summed E-state index contributed by atoms with van der Waals surface area (Å²) < 4.78 is 1.71. The SMILES string of the molecule is CCC(CC)N(CCCl)c1cncc2nnnn12. The number of alkyl halides is 1. The molecule has 0 aromatic carbocycles. The van der Waals surface area contributed by atoms with Crippen molar-refractivity contribution in [3.05, 3.63) is 12.4 Å². The number of hydrogen-bond acceptors (Lipinski definition) is 5. The fourth-order valence-electron chi connectivity index (χ4n) is 2.16. The molecule has 0 amide bonds. The highest BCUT2D eigenvalue weighted by molar-refractivity contribution is 6.18. The predicted molar refractivity (Wildman–Crippen MR) is 71.0 cm³/mol. The molecule has 0 unspecified atom stereocenters. The molecule has 0 aliphatic carbocycles. The maximum Gasteiger partial charge on any atom is 0.199 e. The van der Waals surface area contributed by atoms with Crippen LogP contribution in [0, 0.1) is 0 Å². The molecule has 2 aromatic heterocycles. The van der Waals surface area contributed by atoms with Crippen LogP contribution in [0.15, 0.2) is 12.4 Å². The number of anilines is 1. The van der Waals surface area contributed by atoms with E-state index in [-0.39, 0.29) is 0 Å². The Morgan fingerprint density at radius 2 is 2.11 bits per heavy atom. The first-order chi connectivity index (χ1) is 8.81. The summed E-state index contributed by atoms with van der Waals surface area (Å²) in [7, 11) is 0. The molecule has 0 fully saturated rings. The zero-order valence-corrected chi connectivity index (χ0v) is 11.4. The lowest BCUT2D eigenvalue weighted by Gasteiger charge is -2.31. The molecule has 0 aliphatic heterocycles. The standard InChI is InChI=1S/C11H17ClN6/c1-3-9(4-2)17(6-5-12)11-8-13-7-10-14-15-16-18(10)11/h7-9H,3-6H2,1-2H3. The van der Waals surface area contributed by atoms with Gasteiger partial charge in [0.05, 0.1) is 12.4 Å². The molecule has 0 atom stereocenters. The van der Waals surface area contributed by atoms with Crippen LogP contribution in [0.25, 0.3) is 5.65 Å². The first kappa shape index (κ1) is 13.0. The highest BCUT2D eigenvalue weighted by atomic mass is 35.5. The van der Waals surface area contributed by atoms with Crippen LogP contribution in [0.3, 0.4) is 0 Å². The molecule has 0 spiro atoms. The van der Waals surface area contributed by atoms with E-state index in [2.05, 4.69) is 39.3 Å². The molecular weight excluding hydrogens is 252 g/mol. The molecule has 0 N–H and O–H groups in total. The van der Waals surface area contributed by atoms with E-state index in [0.29, 0.717) is 17.6 Å². The quantitative estimate of drug-likeness (QED) is 0.747. The number of tetrazole rings is 1. The second-order valence-corrected chi connectivity index (χ2v) is 4.45. The number of fused-ring (bicyclic) bond motifs is 1. The summed E-state index contributed by atoms with van der Waals surface area (Å²) in [4.78, 5) is 6.42. The highest BCUT2D eigenvalue weighted by Crippen LogP contribution is 2.19. The number of aromatic nitrogens is 5. The van der Waals surface area contributed by atoms with Crippen molar-refractivity contribution in [2.24, 2.45) is 0 Å². The Morgan fingerprint density at radius 1 is 1.33 bits per heavy atom. The summed E-state index contributed by atoms with van der Waals surface area (Å²) in [5.41, 5.74) is 0.651. The van der Waals surface area contributed by atoms with Crippen molar-refractivity contribution in [2.45, 2.75) is 32.7 Å². The fraction of sp³-hybridized carbons (Fsp3) is 0.636. The largest absolute Gasteiger partial charge is 0.351 e. The number of halogens is 1. The summed E-state index contributed by atoms with van der Waals surface area (Å²) in [5, 5.41) is 11.6. The Morgan fingerprint density at radius 3 is 2.78 bits per heavy atom. The summed E-state index contributed by atoms with van der Waals surface area (Å²) in [6, 6.07) is 0.417. The van der Waals surface area contributed by atoms with Gasteiger partial charge in [-0.2, -0.15) is 4.52 Å². The summed E-state index contributed by atoms with van der Waals surface area (Å²) >= 11 is 5.91. The van der Waals surface area contributed by atoms with Gasteiger partial charge in [-0.05, 0) is 23.3 Å². The Bertz CT molecular complexity index is 495. The van der Waals surface area contributed by atoms with Gasteiger partial charge < -0.3 is 4.90 Å². The van der Waals surface area contributed by atoms with Gasteiger partial charge in [-0.1, -0.05) is 13.8 Å². The minimum absolute atomic E-state index is 0.417. The molecule has 2 aromatic rings. The second kappa shape index (κ2) is 5.95. The van der Waals surface area contributed by atoms with Gasteiger partial charge in [0.1, 0.15) is 0 Å². The smallest absolute Gasteiger partial charge is 0.199 e. The van der Waals surface area contributed by atoms with E-state index in [1.807, 2.05) is 0 Å². The second-order valence-electron chi connectivity index (χ2n) is 4.07. The van der Waals surface area contributed by atoms with Gasteiger partial charge in [-0.25, -0.2) is 0 Å². The Kier molecular flexibility index (Phi) is 4.30. The van der Waals surface area contributed by atoms with Crippen molar-refractivity contribution in [2.75, 3.05) is 17.3 Å². The Hall–Kier alpha value is -1.43. The number of hydrogen-bond donors (Lipinski definition) is 0. The summed E-state index contributed by atoms with van der Waals surface area (Å²) in [6.45, 7) is 5.10. The average Bonchev–Trinajstić information content (AvgIpc) is 2.87. The third-order valence-electron chi connectivity index (χ3n) is 3.09. The molecule has 98 valence electrons. The Labute approximate surface area is 111 Å². The first-order valence-corrected chi connectivity index (χ1v) is 6.70. The van der Waals surface area contributed by atoms with Gasteiger partial charge in [0.15, 0.2) is 11.5 Å². The van der Waals surface area contributed by atoms with Gasteiger partial charge in [0.2, 0.25) is 0 Å². The average molecular weight is 269 g/mol. The van der Waals surface area contributed by atoms with Gasteiger partial charge >= 0.3 is 0 Å². The van der Waals surface area contributed by atoms with Crippen molar-refractivity contribution in [1.82, 2.24) is 25.0 Å². The van der Waals surface area contributed by atoms with E-state index >= 15 is 0 Å². The molecule has 0 bridgehead atoms. The van der Waals surface area contributed by atoms with Crippen LogP contribution >= 0.6 is 11.6 Å². The number of nitrogens with zero attached hydrogens (tertiary/aromatic N) is 6. The lowest BCUT2D eigenvalue weighted by molar-refractivity contribution is 0.555. The normalized spacial score (nSPS) is 11.3. The molecule has 0 radical (unpaired) electrons. The summed E-state index contributed by atoms with van der Waals surface area (Å²) in [5.74, 6) is 1.46. The minimum atomic E-state index is 0.417. The molecule has 0 saturated heterocycles. The lowest BCUT2D eigenvalue weighted by atomic mass is 10.1. The Balaban J connectivity index is 2.43. The van der Waals surface area contributed by atoms with E-state index < -0.39 is 0 Å². The molecule has 18 heavy (non-hydrogen) atoms. The first-order valence-electron chi connectivity index (χ1n) is 6.16. The molecule has 0 aliphatic rings. The van der Waals surface area contributed by atoms with E-state index in [4.69, 9.17) is 11.6 Å². The van der Waals surface area contributed by atoms with Crippen molar-refractivity contribution < 1.29 is 0 Å². The van der Waals surface area contributed by atoms with Crippen LogP contribution in [-0.4, -0.2) is 43.5 Å². The lowest BCUT2D eigenvalue weighted by Crippen LogP contribution is -2.37. The van der Waals surface area contributed by atoms with Crippen LogP contribution in [0.2, 0.25) is 0 Å². The van der Waals surface area contributed by atoms with E-state index in [1.54, 1.807) is 16.9 Å². The van der Waals surface area contributed by atoms with Gasteiger partial charge in [0.25, 0.3) is 0 Å². The van der Waals surface area contributed by atoms with Crippen LogP contribution in [0.4, 0.5) is 5.82 Å². The molecule has 7 heteroatoms. The monoisotopic (exact) mass is 268 g/mol. The third-order valence-corrected chi connectivity index (χ3v) is 3.26. The molecule has 2 heterocycles. The fourth-order valence-corrected chi connectivity index (χ4v) is 2.35. The molecular formula is C11H17ClN6. The van der Waals surface area contributed by atoms with Crippen LogP contribution in [-0.2, 0) is 0 Å². The number of rotatable bonds is 6. The van der Waals surface area contributed by atoms with Gasteiger partial charge in [-0.3, -0.25) is 4.98 Å². The zero-order chi connectivity index (χ0) is 13.0. The maximum atomic E-state index is 5.91. The van der Waals surface area contributed by atoms with E-state index in [1.165, 1.54) is 0 Å². The van der Waals surface area contributed by atoms with Crippen molar-refractivity contribution in [3.8, 4) is 0 Å². The highest BCUT2D eigenvalue weighted by Gasteiger charge is 2.19. The van der Waals surface area contributed by atoms with Crippen molar-refractivity contribution in [3.63, 3.8) is 0 Å². The third kappa shape index (κ3) is 2.38. The molecule has 2 rings (SSSR count). The topological polar surface area (TPSA) is 59.2 Å². The van der Waals surface area contributed by atoms with Crippen LogP contribution < -0.4 is 4.90 Å². The molecule has 6 nitrogen and oxygen atoms in total. The van der Waals surface area contributed by atoms with Crippen LogP contribution in [0.5, 0.6) is 0 Å². The van der Waals surface area contributed by atoms with E-state index in [9.17, 15) is 0 Å². The predicted octanol–water partition coefficient (Wildman–Crippen LogP) is 1.75. The molecule has 0 saturated carbocycles. The van der Waals surface area contributed by atoms with Crippen molar-refractivity contribution in [1.29, 1.82) is 0 Å². The van der Waals surface area contributed by atoms with Crippen LogP contribution in [0.1, 0.15) is 26.7 Å².